The van der Waals surface area contributed by atoms with Crippen LogP contribution < -0.4 is 4.74 Å². The molecule has 0 unspecified atom stereocenters. The number of H-pyrrole nitrogens is 2. The normalized spacial score (nSPS) is 11.3. The molecule has 0 fully saturated rings. The molecular weight excluding hydrogens is 328 g/mol. The molecule has 0 aliphatic heterocycles. The maximum absolute atomic E-state index is 5.25. The van der Waals surface area contributed by atoms with Crippen LogP contribution in [-0.4, -0.2) is 37.2 Å². The molecule has 1 aromatic carbocycles. The number of fused-ring (bicyclic) bond motifs is 2. The van der Waals surface area contributed by atoms with Crippen LogP contribution >= 0.6 is 0 Å². The minimum absolute atomic E-state index is 0.686. The smallest absolute Gasteiger partial charge is 0.161 e. The first-order valence-electron chi connectivity index (χ1n) is 8.11. The second kappa shape index (κ2) is 5.66. The van der Waals surface area contributed by atoms with E-state index in [4.69, 9.17) is 9.72 Å². The van der Waals surface area contributed by atoms with E-state index in [-0.39, 0.29) is 0 Å². The average molecular weight is 342 g/mol. The van der Waals surface area contributed by atoms with Gasteiger partial charge in [0.15, 0.2) is 11.5 Å². The summed E-state index contributed by atoms with van der Waals surface area (Å²) in [6.45, 7) is 0. The molecule has 0 saturated heterocycles. The van der Waals surface area contributed by atoms with Crippen LogP contribution in [0.2, 0.25) is 0 Å². The lowest BCUT2D eigenvalue weighted by Gasteiger charge is -2.03. The second-order valence-electron chi connectivity index (χ2n) is 5.88. The molecule has 126 valence electrons. The summed E-state index contributed by atoms with van der Waals surface area (Å²) in [7, 11) is 1.62. The number of hydrogen-bond acceptors (Lipinski definition) is 5. The van der Waals surface area contributed by atoms with E-state index in [1.165, 1.54) is 0 Å². The Labute approximate surface area is 148 Å². The van der Waals surface area contributed by atoms with E-state index in [2.05, 4.69) is 25.1 Å². The zero-order valence-electron chi connectivity index (χ0n) is 13.9. The molecule has 5 aromatic rings. The zero-order chi connectivity index (χ0) is 17.5. The Morgan fingerprint density at radius 3 is 2.77 bits per heavy atom. The lowest BCUT2D eigenvalue weighted by molar-refractivity contribution is 0.413. The maximum atomic E-state index is 5.25. The minimum Gasteiger partial charge on any atom is -0.495 e. The van der Waals surface area contributed by atoms with Crippen molar-refractivity contribution in [2.75, 3.05) is 7.11 Å². The number of ether oxygens (including phenoxy) is 1. The van der Waals surface area contributed by atoms with E-state index < -0.39 is 0 Å². The van der Waals surface area contributed by atoms with Gasteiger partial charge in [-0.15, -0.1) is 0 Å². The van der Waals surface area contributed by atoms with Crippen molar-refractivity contribution in [2.24, 2.45) is 0 Å². The van der Waals surface area contributed by atoms with Gasteiger partial charge in [0.1, 0.15) is 11.3 Å². The quantitative estimate of drug-likeness (QED) is 0.523. The summed E-state index contributed by atoms with van der Waals surface area (Å²) in [5.74, 6) is 1.37. The highest BCUT2D eigenvalue weighted by atomic mass is 16.5. The first-order valence-corrected chi connectivity index (χ1v) is 8.11. The largest absolute Gasteiger partial charge is 0.495 e. The number of rotatable bonds is 3. The van der Waals surface area contributed by atoms with E-state index >= 15 is 0 Å². The van der Waals surface area contributed by atoms with Crippen molar-refractivity contribution in [3.8, 4) is 28.5 Å². The van der Waals surface area contributed by atoms with Gasteiger partial charge < -0.3 is 9.72 Å². The molecule has 7 nitrogen and oxygen atoms in total. The summed E-state index contributed by atoms with van der Waals surface area (Å²) in [6.07, 6.45) is 3.43. The van der Waals surface area contributed by atoms with Gasteiger partial charge in [0.2, 0.25) is 0 Å². The molecule has 0 aliphatic carbocycles. The van der Waals surface area contributed by atoms with Crippen LogP contribution in [0.15, 0.2) is 54.9 Å². The number of aromatic amines is 2. The summed E-state index contributed by atoms with van der Waals surface area (Å²) >= 11 is 0. The molecule has 4 aromatic heterocycles. The predicted molar refractivity (Wildman–Crippen MR) is 98.8 cm³/mol. The van der Waals surface area contributed by atoms with Gasteiger partial charge in [0.05, 0.1) is 35.6 Å². The fourth-order valence-electron chi connectivity index (χ4n) is 2.96. The van der Waals surface area contributed by atoms with Gasteiger partial charge in [-0.2, -0.15) is 5.10 Å². The third-order valence-corrected chi connectivity index (χ3v) is 4.27. The Bertz CT molecular complexity index is 1210. The number of para-hydroxylation sites is 2. The monoisotopic (exact) mass is 342 g/mol. The summed E-state index contributed by atoms with van der Waals surface area (Å²) in [4.78, 5) is 16.9. The Morgan fingerprint density at radius 2 is 1.88 bits per heavy atom. The van der Waals surface area contributed by atoms with Crippen LogP contribution in [0.25, 0.3) is 44.8 Å². The number of nitrogens with one attached hydrogen (secondary N) is 2. The number of imidazole rings is 1. The maximum Gasteiger partial charge on any atom is 0.161 e. The van der Waals surface area contributed by atoms with Crippen molar-refractivity contribution in [1.29, 1.82) is 0 Å². The molecule has 0 spiro atoms. The molecular formula is C19H14N6O. The van der Waals surface area contributed by atoms with E-state index in [9.17, 15) is 0 Å². The number of methoxy groups -OCH3 is 1. The molecule has 5 rings (SSSR count). The fourth-order valence-corrected chi connectivity index (χ4v) is 2.96. The third kappa shape index (κ3) is 2.29. The van der Waals surface area contributed by atoms with Gasteiger partial charge in [-0.25, -0.2) is 9.97 Å². The van der Waals surface area contributed by atoms with Gasteiger partial charge in [0, 0.05) is 11.8 Å². The van der Waals surface area contributed by atoms with Crippen molar-refractivity contribution in [3.05, 3.63) is 54.9 Å². The van der Waals surface area contributed by atoms with Crippen molar-refractivity contribution in [1.82, 2.24) is 30.1 Å². The minimum atomic E-state index is 0.686. The van der Waals surface area contributed by atoms with Crippen LogP contribution in [0.4, 0.5) is 0 Å². The van der Waals surface area contributed by atoms with E-state index in [1.54, 1.807) is 19.5 Å². The predicted octanol–water partition coefficient (Wildman–Crippen LogP) is 3.57. The molecule has 0 aliphatic rings. The van der Waals surface area contributed by atoms with Gasteiger partial charge in [-0.05, 0) is 30.3 Å². The Balaban J connectivity index is 1.67. The molecule has 0 saturated carbocycles. The molecule has 7 heteroatoms. The first-order chi connectivity index (χ1) is 12.8. The molecule has 0 amide bonds. The summed E-state index contributed by atoms with van der Waals surface area (Å²) in [5, 5.41) is 7.43. The molecule has 2 N–H and O–H groups in total. The first kappa shape index (κ1) is 14.6. The molecule has 26 heavy (non-hydrogen) atoms. The van der Waals surface area contributed by atoms with E-state index in [0.717, 1.165) is 33.3 Å². The Hall–Kier alpha value is -3.74. The van der Waals surface area contributed by atoms with Gasteiger partial charge in [-0.1, -0.05) is 12.1 Å². The fraction of sp³-hybridized carbons (Fsp3) is 0.0526. The SMILES string of the molecule is COc1cncc(-c2ccc3[nH]nc(-c4nc5ccccc5[nH]4)c3n2)c1. The zero-order valence-corrected chi connectivity index (χ0v) is 13.9. The average Bonchev–Trinajstić information content (AvgIpc) is 3.31. The molecule has 0 bridgehead atoms. The van der Waals surface area contributed by atoms with Gasteiger partial charge in [0.25, 0.3) is 0 Å². The Morgan fingerprint density at radius 1 is 0.962 bits per heavy atom. The van der Waals surface area contributed by atoms with Crippen LogP contribution in [0, 0.1) is 0 Å². The molecule has 4 heterocycles. The highest BCUT2D eigenvalue weighted by Crippen LogP contribution is 2.28. The topological polar surface area (TPSA) is 92.4 Å². The second-order valence-corrected chi connectivity index (χ2v) is 5.88. The van der Waals surface area contributed by atoms with Crippen molar-refractivity contribution < 1.29 is 4.74 Å². The summed E-state index contributed by atoms with van der Waals surface area (Å²) < 4.78 is 5.25. The van der Waals surface area contributed by atoms with Crippen molar-refractivity contribution in [3.63, 3.8) is 0 Å². The number of benzene rings is 1. The number of aromatic nitrogens is 6. The standard InChI is InChI=1S/C19H14N6O/c1-26-12-8-11(9-20-10-12)13-6-7-16-17(21-13)18(25-24-16)19-22-14-4-2-3-5-15(14)23-19/h2-10H,1H3,(H,22,23)(H,24,25). The molecule has 0 radical (unpaired) electrons. The van der Waals surface area contributed by atoms with Gasteiger partial charge in [-0.3, -0.25) is 10.1 Å². The molecule has 0 atom stereocenters. The summed E-state index contributed by atoms with van der Waals surface area (Å²) in [5.41, 5.74) is 5.82. The van der Waals surface area contributed by atoms with E-state index in [1.807, 2.05) is 42.5 Å². The Kier molecular flexibility index (Phi) is 3.18. The number of nitrogens with zero attached hydrogens (tertiary/aromatic N) is 4. The lowest BCUT2D eigenvalue weighted by atomic mass is 10.1. The van der Waals surface area contributed by atoms with Crippen molar-refractivity contribution in [2.45, 2.75) is 0 Å². The summed E-state index contributed by atoms with van der Waals surface area (Å²) in [6, 6.07) is 13.7. The van der Waals surface area contributed by atoms with Crippen molar-refractivity contribution >= 4 is 22.1 Å². The van der Waals surface area contributed by atoms with Crippen LogP contribution in [0.1, 0.15) is 0 Å². The highest BCUT2D eigenvalue weighted by Gasteiger charge is 2.15. The third-order valence-electron chi connectivity index (χ3n) is 4.27. The van der Waals surface area contributed by atoms with Crippen LogP contribution in [0.5, 0.6) is 5.75 Å². The van der Waals surface area contributed by atoms with Crippen LogP contribution in [-0.2, 0) is 0 Å². The van der Waals surface area contributed by atoms with Gasteiger partial charge >= 0.3 is 0 Å². The highest BCUT2D eigenvalue weighted by molar-refractivity contribution is 5.91. The van der Waals surface area contributed by atoms with Crippen LogP contribution in [0.3, 0.4) is 0 Å². The number of pyridine rings is 2. The number of hydrogen-bond donors (Lipinski definition) is 2. The van der Waals surface area contributed by atoms with E-state index in [0.29, 0.717) is 17.3 Å². The lowest BCUT2D eigenvalue weighted by Crippen LogP contribution is -1.89.